The number of imidazole rings is 1. The van der Waals surface area contributed by atoms with Gasteiger partial charge < -0.3 is 39.2 Å². The van der Waals surface area contributed by atoms with Crippen molar-refractivity contribution in [2.24, 2.45) is 23.9 Å². The number of nitrogens with zero attached hydrogens (tertiary/aromatic N) is 8. The Bertz CT molecular complexity index is 3050. The predicted octanol–water partition coefficient (Wildman–Crippen LogP) is 6.84. The monoisotopic (exact) mass is 956 g/mol. The van der Waals surface area contributed by atoms with E-state index < -0.39 is 22.7 Å². The minimum absolute atomic E-state index is 0.0428. The molecule has 2 atom stereocenters. The molecule has 1 saturated heterocycles. The number of ether oxygens (including phenoxy) is 3. The zero-order chi connectivity index (χ0) is 48.9. The highest BCUT2D eigenvalue weighted by atomic mass is 19.1. The van der Waals surface area contributed by atoms with Crippen LogP contribution in [0.1, 0.15) is 66.1 Å². The van der Waals surface area contributed by atoms with E-state index in [-0.39, 0.29) is 67.0 Å². The molecule has 0 radical (unpaired) electrons. The molecule has 0 spiro atoms. The Hall–Kier alpha value is -7.58. The predicted molar refractivity (Wildman–Crippen MR) is 258 cm³/mol. The lowest BCUT2D eigenvalue weighted by molar-refractivity contribution is -0.384. The lowest BCUT2D eigenvalue weighted by Gasteiger charge is -2.35. The Morgan fingerprint density at radius 3 is 2.37 bits per heavy atom. The smallest absolute Gasteiger partial charge is 0.323 e. The fourth-order valence-electron chi connectivity index (χ4n) is 8.85. The van der Waals surface area contributed by atoms with Crippen LogP contribution in [0.4, 0.5) is 26.2 Å². The number of rotatable bonds is 17. The molecule has 6 aromatic rings. The maximum absolute atomic E-state index is 15.1. The minimum Gasteiger partial charge on any atom is -0.481 e. The summed E-state index contributed by atoms with van der Waals surface area (Å²) in [5.74, 6) is 0.738. The molecule has 1 aliphatic carbocycles. The number of carbonyl (C=O) groups is 3. The van der Waals surface area contributed by atoms with Crippen molar-refractivity contribution in [3.05, 3.63) is 134 Å². The number of carbonyl (C=O) groups excluding carboxylic acids is 3. The molecule has 4 heterocycles. The second-order valence-electron chi connectivity index (χ2n) is 17.8. The molecule has 70 heavy (non-hydrogen) atoms. The van der Waals surface area contributed by atoms with Crippen molar-refractivity contribution in [2.75, 3.05) is 63.2 Å². The van der Waals surface area contributed by atoms with Crippen LogP contribution < -0.4 is 16.2 Å². The summed E-state index contributed by atoms with van der Waals surface area (Å²) in [6.45, 7) is 4.82. The largest absolute Gasteiger partial charge is 0.481 e. The molecule has 4 amide bonds. The highest BCUT2D eigenvalue weighted by Crippen LogP contribution is 2.36. The molecule has 0 bridgehead atoms. The molecule has 1 saturated carbocycles. The number of non-ortho nitro benzene ring substituents is 1. The van der Waals surface area contributed by atoms with E-state index in [1.54, 1.807) is 46.2 Å². The van der Waals surface area contributed by atoms with Crippen molar-refractivity contribution in [3.63, 3.8) is 0 Å². The van der Waals surface area contributed by atoms with Gasteiger partial charge in [0, 0.05) is 93.9 Å². The van der Waals surface area contributed by atoms with Gasteiger partial charge in [0.25, 0.3) is 17.2 Å². The summed E-state index contributed by atoms with van der Waals surface area (Å²) in [6.07, 6.45) is 3.32. The molecule has 3 aliphatic rings. The van der Waals surface area contributed by atoms with Crippen molar-refractivity contribution in [2.45, 2.75) is 51.8 Å². The Kier molecular flexibility index (Phi) is 14.2. The average molecular weight is 957 g/mol. The lowest BCUT2D eigenvalue weighted by Crippen LogP contribution is -2.51. The number of nitro benzene ring substituents is 1. The molecule has 20 heteroatoms. The van der Waals surface area contributed by atoms with Crippen molar-refractivity contribution < 1.29 is 37.9 Å². The zero-order valence-electron chi connectivity index (χ0n) is 38.8. The number of fused-ring (bicyclic) bond motifs is 2. The van der Waals surface area contributed by atoms with Crippen LogP contribution in [0.25, 0.3) is 21.8 Å². The van der Waals surface area contributed by atoms with Crippen molar-refractivity contribution >= 4 is 62.6 Å². The van der Waals surface area contributed by atoms with Crippen LogP contribution in [-0.2, 0) is 39.2 Å². The van der Waals surface area contributed by atoms with Crippen LogP contribution in [0.3, 0.4) is 0 Å². The maximum atomic E-state index is 15.1. The molecule has 2 unspecified atom stereocenters. The number of hydrogen-bond donors (Lipinski definition) is 2. The van der Waals surface area contributed by atoms with Gasteiger partial charge in [-0.1, -0.05) is 37.3 Å². The quantitative estimate of drug-likeness (QED) is 0.0548. The first-order valence-electron chi connectivity index (χ1n) is 23.4. The van der Waals surface area contributed by atoms with Gasteiger partial charge in [-0.3, -0.25) is 24.5 Å². The average Bonchev–Trinajstić information content (AvgIpc) is 4.08. The molecule has 2 aromatic heterocycles. The van der Waals surface area contributed by atoms with Crippen LogP contribution >= 0.6 is 0 Å². The van der Waals surface area contributed by atoms with E-state index in [1.807, 2.05) is 35.9 Å². The third-order valence-corrected chi connectivity index (χ3v) is 12.7. The summed E-state index contributed by atoms with van der Waals surface area (Å²) in [6, 6.07) is 21.9. The number of aromatic nitrogens is 4. The second-order valence-corrected chi connectivity index (χ2v) is 17.8. The first kappa shape index (κ1) is 47.5. The standard InChI is InChI=1S/C50H53FN10O9/c1-31-25-44(55-45(31)46-54-41-16-14-35(29-43(41)57(46)2)53-50(65)52-34-7-5-8-36(28-34)61(66)67)70-22-6-21-68-23-24-69-30-60-49(64)38-10-4-3-9-37(38)42(56-60)27-32-11-15-40(51)39(26-32)48(63)59-19-17-58(18-20-59)47(62)33-12-13-33/h3-5,7-11,14-16,26,28-29,31,33,45H,6,12-13,17-25,27,30H2,1-2H3,(H2,52,53,65). The molecule has 9 rings (SSSR count). The Balaban J connectivity index is 0.726. The zero-order valence-corrected chi connectivity index (χ0v) is 38.8. The lowest BCUT2D eigenvalue weighted by atomic mass is 10.0. The fraction of sp³-hybridized carbons (Fsp3) is 0.380. The van der Waals surface area contributed by atoms with E-state index in [1.165, 1.54) is 28.9 Å². The number of anilines is 2. The Labute approximate surface area is 401 Å². The van der Waals surface area contributed by atoms with E-state index in [9.17, 15) is 29.3 Å². The van der Waals surface area contributed by atoms with E-state index in [0.29, 0.717) is 91.5 Å². The number of nitrogens with one attached hydrogen (secondary N) is 2. The molecular weight excluding hydrogens is 904 g/mol. The van der Waals surface area contributed by atoms with Gasteiger partial charge in [0.15, 0.2) is 5.90 Å². The maximum Gasteiger partial charge on any atom is 0.323 e. The summed E-state index contributed by atoms with van der Waals surface area (Å²) >= 11 is 0. The summed E-state index contributed by atoms with van der Waals surface area (Å²) in [7, 11) is 1.90. The van der Waals surface area contributed by atoms with Gasteiger partial charge in [-0.05, 0) is 66.8 Å². The summed E-state index contributed by atoms with van der Waals surface area (Å²) in [5.41, 5.74) is 3.08. The highest BCUT2D eigenvalue weighted by molar-refractivity contribution is 6.01. The Morgan fingerprint density at radius 2 is 1.60 bits per heavy atom. The first-order valence-corrected chi connectivity index (χ1v) is 23.4. The van der Waals surface area contributed by atoms with Gasteiger partial charge in [0.1, 0.15) is 24.4 Å². The van der Waals surface area contributed by atoms with Gasteiger partial charge >= 0.3 is 6.03 Å². The third-order valence-electron chi connectivity index (χ3n) is 12.7. The van der Waals surface area contributed by atoms with Crippen LogP contribution in [-0.4, -0.2) is 110 Å². The van der Waals surface area contributed by atoms with E-state index in [2.05, 4.69) is 22.7 Å². The van der Waals surface area contributed by atoms with Gasteiger partial charge in [0.05, 0.1) is 52.4 Å². The van der Waals surface area contributed by atoms with Gasteiger partial charge in [-0.15, -0.1) is 0 Å². The number of urea groups is 1. The van der Waals surface area contributed by atoms with E-state index >= 15 is 4.39 Å². The number of benzene rings is 4. The van der Waals surface area contributed by atoms with Crippen molar-refractivity contribution in [1.29, 1.82) is 0 Å². The normalized spacial score (nSPS) is 16.9. The topological polar surface area (TPSA) is 218 Å². The number of nitro groups is 1. The molecule has 19 nitrogen and oxygen atoms in total. The van der Waals surface area contributed by atoms with Crippen LogP contribution in [0.2, 0.25) is 0 Å². The molecule has 364 valence electrons. The molecule has 2 N–H and O–H groups in total. The van der Waals surface area contributed by atoms with Gasteiger partial charge in [0.2, 0.25) is 5.91 Å². The second kappa shape index (κ2) is 21.0. The van der Waals surface area contributed by atoms with Gasteiger partial charge in [-0.25, -0.2) is 23.8 Å². The summed E-state index contributed by atoms with van der Waals surface area (Å²) in [4.78, 5) is 75.8. The number of piperazine rings is 1. The minimum atomic E-state index is -0.624. The summed E-state index contributed by atoms with van der Waals surface area (Å²) < 4.78 is 36.0. The number of halogens is 1. The summed E-state index contributed by atoms with van der Waals surface area (Å²) in [5, 5.41) is 22.3. The van der Waals surface area contributed by atoms with E-state index in [4.69, 9.17) is 24.2 Å². The number of aryl methyl sites for hydroxylation is 1. The van der Waals surface area contributed by atoms with Crippen LogP contribution in [0, 0.1) is 27.8 Å². The van der Waals surface area contributed by atoms with Crippen LogP contribution in [0.15, 0.2) is 94.7 Å². The molecule has 2 aliphatic heterocycles. The molecule has 2 fully saturated rings. The van der Waals surface area contributed by atoms with Gasteiger partial charge in [-0.2, -0.15) is 5.10 Å². The first-order chi connectivity index (χ1) is 33.9. The highest BCUT2D eigenvalue weighted by Gasteiger charge is 2.36. The number of amides is 4. The fourth-order valence-corrected chi connectivity index (χ4v) is 8.85. The van der Waals surface area contributed by atoms with Crippen molar-refractivity contribution in [3.8, 4) is 0 Å². The van der Waals surface area contributed by atoms with Crippen molar-refractivity contribution in [1.82, 2.24) is 29.1 Å². The Morgan fingerprint density at radius 1 is 0.857 bits per heavy atom. The number of hydrogen-bond acceptors (Lipinski definition) is 12. The molecule has 4 aromatic carbocycles. The SMILES string of the molecule is CC1CC(OCCCOCCOCn2nc(Cc3ccc(F)c(C(=O)N4CCN(C(=O)C5CC5)CC4)c3)c3ccccc3c2=O)=NC1c1nc2ccc(NC(=O)Nc3cccc([N+](=O)[O-])c3)cc2n1C. The van der Waals surface area contributed by atoms with E-state index in [0.717, 1.165) is 29.7 Å². The van der Waals surface area contributed by atoms with Crippen LogP contribution in [0.5, 0.6) is 0 Å². The third kappa shape index (κ3) is 10.8. The number of aliphatic imine (C=N–C) groups is 1. The molecular formula is C50H53FN10O9.